The van der Waals surface area contributed by atoms with Crippen LogP contribution in [0.15, 0.2) is 59.1 Å². The second-order valence-electron chi connectivity index (χ2n) is 5.04. The predicted octanol–water partition coefficient (Wildman–Crippen LogP) is 4.72. The van der Waals surface area contributed by atoms with Crippen molar-refractivity contribution in [3.8, 4) is 0 Å². The van der Waals surface area contributed by atoms with Gasteiger partial charge in [0.1, 0.15) is 0 Å². The Hall–Kier alpha value is -2.13. The van der Waals surface area contributed by atoms with E-state index in [4.69, 9.17) is 5.73 Å². The molecule has 0 heterocycles. The van der Waals surface area contributed by atoms with Gasteiger partial charge in [0.05, 0.1) is 0 Å². The number of hydrogen-bond acceptors (Lipinski definition) is 2. The van der Waals surface area contributed by atoms with Crippen molar-refractivity contribution in [2.24, 2.45) is 0 Å². The van der Waals surface area contributed by atoms with Crippen LogP contribution in [0.1, 0.15) is 21.5 Å². The largest absolute Gasteiger partial charge is 0.399 e. The molecule has 104 valence electrons. The van der Waals surface area contributed by atoms with Gasteiger partial charge >= 0.3 is 0 Å². The van der Waals surface area contributed by atoms with Crippen LogP contribution in [0.25, 0.3) is 10.8 Å². The van der Waals surface area contributed by atoms with Crippen molar-refractivity contribution in [2.45, 2.75) is 6.92 Å². The van der Waals surface area contributed by atoms with E-state index in [0.29, 0.717) is 16.8 Å². The SMILES string of the molecule is Cc1cc(N)ccc1C(=O)c1ccc(Br)c2ccccc12. The van der Waals surface area contributed by atoms with Gasteiger partial charge in [-0.2, -0.15) is 0 Å². The third-order valence-electron chi connectivity index (χ3n) is 3.61. The molecule has 0 atom stereocenters. The second kappa shape index (κ2) is 5.34. The fourth-order valence-electron chi connectivity index (χ4n) is 2.55. The highest BCUT2D eigenvalue weighted by Gasteiger charge is 2.15. The van der Waals surface area contributed by atoms with Crippen molar-refractivity contribution >= 4 is 38.2 Å². The lowest BCUT2D eigenvalue weighted by Crippen LogP contribution is -2.05. The van der Waals surface area contributed by atoms with E-state index in [9.17, 15) is 4.79 Å². The number of hydrogen-bond donors (Lipinski definition) is 1. The van der Waals surface area contributed by atoms with Gasteiger partial charge in [0.25, 0.3) is 0 Å². The molecule has 21 heavy (non-hydrogen) atoms. The molecular weight excluding hydrogens is 326 g/mol. The number of nitrogen functional groups attached to an aromatic ring is 1. The fourth-order valence-corrected chi connectivity index (χ4v) is 3.02. The van der Waals surface area contributed by atoms with Crippen LogP contribution < -0.4 is 5.73 Å². The number of nitrogens with two attached hydrogens (primary N) is 1. The highest BCUT2D eigenvalue weighted by atomic mass is 79.9. The maximum atomic E-state index is 12.8. The first-order valence-corrected chi connectivity index (χ1v) is 7.45. The lowest BCUT2D eigenvalue weighted by Gasteiger charge is -2.10. The van der Waals surface area contributed by atoms with E-state index in [1.54, 1.807) is 12.1 Å². The Morgan fingerprint density at radius 1 is 0.952 bits per heavy atom. The Kier molecular flexibility index (Phi) is 3.52. The van der Waals surface area contributed by atoms with Gasteiger partial charge < -0.3 is 5.73 Å². The summed E-state index contributed by atoms with van der Waals surface area (Å²) in [4.78, 5) is 12.8. The van der Waals surface area contributed by atoms with E-state index in [-0.39, 0.29) is 5.78 Å². The van der Waals surface area contributed by atoms with E-state index in [0.717, 1.165) is 20.8 Å². The van der Waals surface area contributed by atoms with E-state index in [2.05, 4.69) is 15.9 Å². The smallest absolute Gasteiger partial charge is 0.193 e. The lowest BCUT2D eigenvalue weighted by atomic mass is 9.94. The summed E-state index contributed by atoms with van der Waals surface area (Å²) in [5.41, 5.74) is 8.73. The molecule has 3 aromatic rings. The van der Waals surface area contributed by atoms with Gasteiger partial charge in [0, 0.05) is 21.3 Å². The molecule has 0 unspecified atom stereocenters. The van der Waals surface area contributed by atoms with Crippen LogP contribution in [0.4, 0.5) is 5.69 Å². The number of benzene rings is 3. The Balaban J connectivity index is 2.21. The highest BCUT2D eigenvalue weighted by molar-refractivity contribution is 9.10. The van der Waals surface area contributed by atoms with E-state index in [1.807, 2.05) is 49.4 Å². The molecule has 0 bridgehead atoms. The third-order valence-corrected chi connectivity index (χ3v) is 4.30. The summed E-state index contributed by atoms with van der Waals surface area (Å²) in [7, 11) is 0. The first-order valence-electron chi connectivity index (χ1n) is 6.66. The van der Waals surface area contributed by atoms with Gasteiger partial charge in [-0.05, 0) is 53.6 Å². The molecule has 3 heteroatoms. The zero-order valence-electron chi connectivity index (χ0n) is 11.6. The van der Waals surface area contributed by atoms with Crippen LogP contribution in [0.3, 0.4) is 0 Å². The minimum Gasteiger partial charge on any atom is -0.399 e. The maximum Gasteiger partial charge on any atom is 0.193 e. The Labute approximate surface area is 131 Å². The highest BCUT2D eigenvalue weighted by Crippen LogP contribution is 2.29. The molecule has 3 aromatic carbocycles. The number of rotatable bonds is 2. The summed E-state index contributed by atoms with van der Waals surface area (Å²) < 4.78 is 0.990. The summed E-state index contributed by atoms with van der Waals surface area (Å²) >= 11 is 3.53. The van der Waals surface area contributed by atoms with Gasteiger partial charge in [-0.1, -0.05) is 40.2 Å². The van der Waals surface area contributed by atoms with Crippen molar-refractivity contribution in [2.75, 3.05) is 5.73 Å². The van der Waals surface area contributed by atoms with E-state index < -0.39 is 0 Å². The van der Waals surface area contributed by atoms with Crippen LogP contribution >= 0.6 is 15.9 Å². The molecule has 0 saturated carbocycles. The van der Waals surface area contributed by atoms with Crippen molar-refractivity contribution in [1.82, 2.24) is 0 Å². The molecule has 0 aliphatic heterocycles. The fraction of sp³-hybridized carbons (Fsp3) is 0.0556. The zero-order valence-corrected chi connectivity index (χ0v) is 13.1. The van der Waals surface area contributed by atoms with Crippen molar-refractivity contribution in [3.05, 3.63) is 75.8 Å². The average Bonchev–Trinajstić information content (AvgIpc) is 2.47. The minimum atomic E-state index is 0.0243. The quantitative estimate of drug-likeness (QED) is 0.542. The number of carbonyl (C=O) groups excluding carboxylic acids is 1. The van der Waals surface area contributed by atoms with Crippen molar-refractivity contribution in [1.29, 1.82) is 0 Å². The molecule has 2 nitrogen and oxygen atoms in total. The van der Waals surface area contributed by atoms with Gasteiger partial charge in [-0.3, -0.25) is 4.79 Å². The molecule has 3 rings (SSSR count). The van der Waals surface area contributed by atoms with E-state index in [1.165, 1.54) is 0 Å². The summed E-state index contributed by atoms with van der Waals surface area (Å²) in [6, 6.07) is 17.1. The molecule has 0 aliphatic carbocycles. The molecule has 0 amide bonds. The molecule has 2 N–H and O–H groups in total. The average molecular weight is 340 g/mol. The van der Waals surface area contributed by atoms with Crippen LogP contribution in [0.5, 0.6) is 0 Å². The number of aryl methyl sites for hydroxylation is 1. The molecule has 0 fully saturated rings. The molecular formula is C18H14BrNO. The molecule has 0 spiro atoms. The standard InChI is InChI=1S/C18H14BrNO/c1-11-10-12(20)6-7-13(11)18(21)16-8-9-17(19)15-5-3-2-4-14(15)16/h2-10H,20H2,1H3. The summed E-state index contributed by atoms with van der Waals surface area (Å²) in [6.07, 6.45) is 0. The maximum absolute atomic E-state index is 12.8. The monoisotopic (exact) mass is 339 g/mol. The lowest BCUT2D eigenvalue weighted by molar-refractivity contribution is 0.104. The molecule has 0 aliphatic rings. The summed E-state index contributed by atoms with van der Waals surface area (Å²) in [5.74, 6) is 0.0243. The van der Waals surface area contributed by atoms with Crippen molar-refractivity contribution < 1.29 is 4.79 Å². The van der Waals surface area contributed by atoms with Crippen molar-refractivity contribution in [3.63, 3.8) is 0 Å². The van der Waals surface area contributed by atoms with Gasteiger partial charge in [0.15, 0.2) is 5.78 Å². The van der Waals surface area contributed by atoms with Gasteiger partial charge in [0.2, 0.25) is 0 Å². The molecule has 0 saturated heterocycles. The number of anilines is 1. The van der Waals surface area contributed by atoms with Crippen LogP contribution in [0.2, 0.25) is 0 Å². The van der Waals surface area contributed by atoms with Gasteiger partial charge in [-0.25, -0.2) is 0 Å². The van der Waals surface area contributed by atoms with Crippen LogP contribution in [-0.2, 0) is 0 Å². The predicted molar refractivity (Wildman–Crippen MR) is 90.7 cm³/mol. The number of halogens is 1. The number of carbonyl (C=O) groups is 1. The molecule has 0 aromatic heterocycles. The first-order chi connectivity index (χ1) is 10.1. The summed E-state index contributed by atoms with van der Waals surface area (Å²) in [5, 5.41) is 1.99. The zero-order chi connectivity index (χ0) is 15.0. The first kappa shape index (κ1) is 13.8. The Morgan fingerprint density at radius 2 is 1.62 bits per heavy atom. The van der Waals surface area contributed by atoms with Crippen LogP contribution in [-0.4, -0.2) is 5.78 Å². The van der Waals surface area contributed by atoms with Crippen LogP contribution in [0, 0.1) is 6.92 Å². The number of ketones is 1. The van der Waals surface area contributed by atoms with Gasteiger partial charge in [-0.15, -0.1) is 0 Å². The third kappa shape index (κ3) is 2.45. The van der Waals surface area contributed by atoms with E-state index >= 15 is 0 Å². The normalized spacial score (nSPS) is 10.8. The Morgan fingerprint density at radius 3 is 2.33 bits per heavy atom. The second-order valence-corrected chi connectivity index (χ2v) is 5.90. The Bertz CT molecular complexity index is 855. The summed E-state index contributed by atoms with van der Waals surface area (Å²) in [6.45, 7) is 1.91. The molecule has 0 radical (unpaired) electrons. The number of fused-ring (bicyclic) bond motifs is 1. The minimum absolute atomic E-state index is 0.0243. The topological polar surface area (TPSA) is 43.1 Å².